The van der Waals surface area contributed by atoms with Crippen LogP contribution in [0.3, 0.4) is 0 Å². The highest BCUT2D eigenvalue weighted by molar-refractivity contribution is 6.84. The van der Waals surface area contributed by atoms with Crippen molar-refractivity contribution in [3.8, 4) is 0 Å². The van der Waals surface area contributed by atoms with Crippen molar-refractivity contribution >= 4 is 16.4 Å². The lowest BCUT2D eigenvalue weighted by Gasteiger charge is -2.53. The van der Waals surface area contributed by atoms with Crippen LogP contribution in [0.2, 0.25) is 37.3 Å². The van der Waals surface area contributed by atoms with Crippen LogP contribution in [0.25, 0.3) is 0 Å². The van der Waals surface area contributed by atoms with Gasteiger partial charge in [-0.1, -0.05) is 52.6 Å². The van der Waals surface area contributed by atoms with Crippen LogP contribution in [0, 0.1) is 0 Å². The van der Waals surface area contributed by atoms with Gasteiger partial charge in [0.1, 0.15) is 0 Å². The molecule has 26 heavy (non-hydrogen) atoms. The number of rotatable bonds is 15. The van der Waals surface area contributed by atoms with Crippen LogP contribution >= 0.6 is 0 Å². The zero-order valence-electron chi connectivity index (χ0n) is 18.8. The summed E-state index contributed by atoms with van der Waals surface area (Å²) in [5.74, 6) is 0. The van der Waals surface area contributed by atoms with Gasteiger partial charge in [-0.15, -0.1) is 0 Å². The van der Waals surface area contributed by atoms with Crippen molar-refractivity contribution in [2.75, 3.05) is 26.4 Å². The van der Waals surface area contributed by atoms with Crippen molar-refractivity contribution < 1.29 is 19.4 Å². The molecule has 2 N–H and O–H groups in total. The standard InChI is InChI=1S/C20H46O4Si2/c1-9-11-13-14-23-18-20(16-21,17-22)26(7,8)19(3,4)24-25(5,6)15-12-10-2/h21-22H,9-18H2,1-8H3. The molecule has 4 nitrogen and oxygen atoms in total. The second kappa shape index (κ2) is 11.3. The van der Waals surface area contributed by atoms with Gasteiger partial charge in [0.2, 0.25) is 0 Å². The average Bonchev–Trinajstić information content (AvgIpc) is 2.55. The summed E-state index contributed by atoms with van der Waals surface area (Å²) in [4.78, 5) is 0. The molecule has 0 amide bonds. The summed E-state index contributed by atoms with van der Waals surface area (Å²) in [5.41, 5.74) is 0. The molecule has 0 saturated carbocycles. The molecule has 0 radical (unpaired) electrons. The van der Waals surface area contributed by atoms with Crippen LogP contribution in [0.5, 0.6) is 0 Å². The first-order valence-electron chi connectivity index (χ1n) is 10.4. The Hall–Kier alpha value is 0.274. The Morgan fingerprint density at radius 2 is 1.38 bits per heavy atom. The number of aliphatic hydroxyl groups is 2. The SMILES string of the molecule is CCCCCOCC(CO)(CO)[Si](C)(C)C(C)(C)O[Si](C)(C)CCCC. The Morgan fingerprint density at radius 3 is 1.85 bits per heavy atom. The van der Waals surface area contributed by atoms with Crippen LogP contribution in [-0.2, 0) is 9.16 Å². The van der Waals surface area contributed by atoms with Crippen LogP contribution in [0.1, 0.15) is 59.8 Å². The highest BCUT2D eigenvalue weighted by atomic mass is 28.4. The van der Waals surface area contributed by atoms with Crippen molar-refractivity contribution in [2.24, 2.45) is 0 Å². The second-order valence-corrected chi connectivity index (χ2v) is 19.2. The highest BCUT2D eigenvalue weighted by Crippen LogP contribution is 2.46. The van der Waals surface area contributed by atoms with E-state index >= 15 is 0 Å². The predicted molar refractivity (Wildman–Crippen MR) is 117 cm³/mol. The number of ether oxygens (including phenoxy) is 1. The Bertz CT molecular complexity index is 380. The molecule has 0 aromatic heterocycles. The zero-order chi connectivity index (χ0) is 20.5. The maximum absolute atomic E-state index is 10.3. The van der Waals surface area contributed by atoms with E-state index in [0.29, 0.717) is 13.2 Å². The molecule has 6 heteroatoms. The van der Waals surface area contributed by atoms with Crippen LogP contribution in [0.15, 0.2) is 0 Å². The van der Waals surface area contributed by atoms with E-state index in [2.05, 4.69) is 53.9 Å². The van der Waals surface area contributed by atoms with E-state index < -0.39 is 21.4 Å². The van der Waals surface area contributed by atoms with E-state index in [1.54, 1.807) is 0 Å². The molecule has 0 bridgehead atoms. The largest absolute Gasteiger partial charge is 0.415 e. The van der Waals surface area contributed by atoms with E-state index in [4.69, 9.17) is 9.16 Å². The highest BCUT2D eigenvalue weighted by Gasteiger charge is 2.56. The van der Waals surface area contributed by atoms with E-state index in [1.807, 2.05) is 0 Å². The molecule has 158 valence electrons. The Kier molecular flexibility index (Phi) is 11.4. The third-order valence-electron chi connectivity index (χ3n) is 6.37. The quantitative estimate of drug-likeness (QED) is 0.298. The first-order valence-corrected chi connectivity index (χ1v) is 16.6. The van der Waals surface area contributed by atoms with Gasteiger partial charge in [0.05, 0.1) is 27.9 Å². The minimum atomic E-state index is -2.24. The van der Waals surface area contributed by atoms with Gasteiger partial charge >= 0.3 is 0 Å². The summed E-state index contributed by atoms with van der Waals surface area (Å²) in [7, 11) is -4.03. The summed E-state index contributed by atoms with van der Waals surface area (Å²) < 4.78 is 12.7. The minimum absolute atomic E-state index is 0.0553. The predicted octanol–water partition coefficient (Wildman–Crippen LogP) is 4.97. The Morgan fingerprint density at radius 1 is 0.846 bits per heavy atom. The molecule has 0 atom stereocenters. The monoisotopic (exact) mass is 406 g/mol. The van der Waals surface area contributed by atoms with Gasteiger partial charge in [-0.25, -0.2) is 0 Å². The van der Waals surface area contributed by atoms with Gasteiger partial charge < -0.3 is 19.4 Å². The number of unbranched alkanes of at least 4 members (excludes halogenated alkanes) is 3. The number of aliphatic hydroxyl groups excluding tert-OH is 2. The average molecular weight is 407 g/mol. The molecular formula is C20H46O4Si2. The van der Waals surface area contributed by atoms with Crippen LogP contribution in [0.4, 0.5) is 0 Å². The molecule has 0 aromatic rings. The molecule has 0 fully saturated rings. The molecule has 0 aliphatic carbocycles. The van der Waals surface area contributed by atoms with Gasteiger partial charge in [0.25, 0.3) is 0 Å². The van der Waals surface area contributed by atoms with Gasteiger partial charge in [-0.3, -0.25) is 0 Å². The van der Waals surface area contributed by atoms with E-state index in [9.17, 15) is 10.2 Å². The van der Waals surface area contributed by atoms with Crippen LogP contribution in [-0.4, -0.2) is 58.3 Å². The normalized spacial score (nSPS) is 14.1. The zero-order valence-corrected chi connectivity index (χ0v) is 20.8. The van der Waals surface area contributed by atoms with Crippen molar-refractivity contribution in [3.63, 3.8) is 0 Å². The fourth-order valence-corrected chi connectivity index (χ4v) is 10.6. The lowest BCUT2D eigenvalue weighted by atomic mass is 10.2. The van der Waals surface area contributed by atoms with Crippen LogP contribution < -0.4 is 0 Å². The van der Waals surface area contributed by atoms with Gasteiger partial charge in [0.15, 0.2) is 8.32 Å². The lowest BCUT2D eigenvalue weighted by molar-refractivity contribution is 0.0400. The van der Waals surface area contributed by atoms with E-state index in [0.717, 1.165) is 25.3 Å². The third kappa shape index (κ3) is 7.02. The van der Waals surface area contributed by atoms with E-state index in [-0.39, 0.29) is 18.4 Å². The maximum Gasteiger partial charge on any atom is 0.187 e. The fourth-order valence-electron chi connectivity index (χ4n) is 3.55. The second-order valence-electron chi connectivity index (χ2n) is 9.46. The molecule has 0 aromatic carbocycles. The van der Waals surface area contributed by atoms with Crippen molar-refractivity contribution in [1.29, 1.82) is 0 Å². The summed E-state index contributed by atoms with van der Waals surface area (Å²) in [5, 5.41) is 19.6. The first-order chi connectivity index (χ1) is 11.9. The van der Waals surface area contributed by atoms with Crippen molar-refractivity contribution in [3.05, 3.63) is 0 Å². The molecule has 0 spiro atoms. The Labute approximate surface area is 164 Å². The molecular weight excluding hydrogens is 360 g/mol. The molecule has 0 aliphatic rings. The number of hydrogen-bond acceptors (Lipinski definition) is 4. The van der Waals surface area contributed by atoms with Gasteiger partial charge in [0, 0.05) is 16.9 Å². The summed E-state index contributed by atoms with van der Waals surface area (Å²) >= 11 is 0. The van der Waals surface area contributed by atoms with Crippen molar-refractivity contribution in [2.45, 2.75) is 102 Å². The van der Waals surface area contributed by atoms with Crippen molar-refractivity contribution in [1.82, 2.24) is 0 Å². The molecule has 0 saturated heterocycles. The number of hydrogen-bond donors (Lipinski definition) is 2. The first kappa shape index (κ1) is 26.3. The molecule has 0 rings (SSSR count). The van der Waals surface area contributed by atoms with Gasteiger partial charge in [-0.2, -0.15) is 0 Å². The molecule has 0 unspecified atom stereocenters. The summed E-state index contributed by atoms with van der Waals surface area (Å²) in [6.07, 6.45) is 5.72. The topological polar surface area (TPSA) is 58.9 Å². The maximum atomic E-state index is 10.3. The smallest absolute Gasteiger partial charge is 0.187 e. The molecule has 0 aliphatic heterocycles. The Balaban J connectivity index is 5.29. The van der Waals surface area contributed by atoms with Gasteiger partial charge in [-0.05, 0) is 39.4 Å². The van der Waals surface area contributed by atoms with E-state index in [1.165, 1.54) is 12.8 Å². The summed E-state index contributed by atoms with van der Waals surface area (Å²) in [6, 6.07) is 1.15. The fraction of sp³-hybridized carbons (Fsp3) is 1.00. The minimum Gasteiger partial charge on any atom is -0.415 e. The molecule has 0 heterocycles. The third-order valence-corrected chi connectivity index (χ3v) is 15.4. The summed E-state index contributed by atoms with van der Waals surface area (Å²) in [6.45, 7) is 18.8. The lowest BCUT2D eigenvalue weighted by Crippen LogP contribution is -2.66.